The van der Waals surface area contributed by atoms with Crippen LogP contribution in [-0.2, 0) is 4.79 Å². The first kappa shape index (κ1) is 13.6. The van der Waals surface area contributed by atoms with Crippen molar-refractivity contribution in [2.45, 2.75) is 32.2 Å². The third-order valence-electron chi connectivity index (χ3n) is 3.33. The van der Waals surface area contributed by atoms with Gasteiger partial charge in [-0.15, -0.1) is 0 Å². The molecule has 104 valence electrons. The van der Waals surface area contributed by atoms with E-state index in [9.17, 15) is 4.79 Å². The lowest BCUT2D eigenvalue weighted by Gasteiger charge is -2.29. The molecule has 19 heavy (non-hydrogen) atoms. The predicted molar refractivity (Wildman–Crippen MR) is 75.6 cm³/mol. The molecular weight excluding hydrogens is 242 g/mol. The van der Waals surface area contributed by atoms with Gasteiger partial charge in [0.05, 0.1) is 0 Å². The van der Waals surface area contributed by atoms with E-state index in [1.54, 1.807) is 12.3 Å². The summed E-state index contributed by atoms with van der Waals surface area (Å²) in [7, 11) is 0. The summed E-state index contributed by atoms with van der Waals surface area (Å²) in [6.07, 6.45) is 5.08. The van der Waals surface area contributed by atoms with Gasteiger partial charge in [-0.1, -0.05) is 0 Å². The number of carbonyl (C=O) groups is 1. The maximum atomic E-state index is 12.3. The Balaban J connectivity index is 1.95. The number of piperidine rings is 1. The average molecular weight is 263 g/mol. The van der Waals surface area contributed by atoms with Crippen LogP contribution in [0.15, 0.2) is 18.3 Å². The molecule has 2 heterocycles. The molecule has 6 heteroatoms. The number of aromatic nitrogens is 1. The zero-order valence-corrected chi connectivity index (χ0v) is 11.2. The van der Waals surface area contributed by atoms with Crippen molar-refractivity contribution >= 4 is 17.4 Å². The molecule has 1 fully saturated rings. The third-order valence-corrected chi connectivity index (χ3v) is 3.33. The molecule has 1 amide bonds. The zero-order valence-electron chi connectivity index (χ0n) is 11.2. The van der Waals surface area contributed by atoms with E-state index in [2.05, 4.69) is 15.7 Å². The fraction of sp³-hybridized carbons (Fsp3) is 0.538. The fourth-order valence-electron chi connectivity index (χ4n) is 2.30. The predicted octanol–water partition coefficient (Wildman–Crippen LogP) is 1.18. The van der Waals surface area contributed by atoms with Crippen LogP contribution in [0.1, 0.15) is 26.2 Å². The van der Waals surface area contributed by atoms with Crippen LogP contribution in [-0.4, -0.2) is 34.9 Å². The first-order valence-electron chi connectivity index (χ1n) is 6.68. The van der Waals surface area contributed by atoms with Gasteiger partial charge in [0.1, 0.15) is 11.9 Å². The number of amides is 1. The molecule has 0 spiro atoms. The van der Waals surface area contributed by atoms with Crippen molar-refractivity contribution in [3.05, 3.63) is 18.3 Å². The van der Waals surface area contributed by atoms with Crippen LogP contribution >= 0.6 is 0 Å². The van der Waals surface area contributed by atoms with E-state index >= 15 is 0 Å². The number of nitrogens with two attached hydrogens (primary N) is 1. The average Bonchev–Trinajstić information content (AvgIpc) is 2.47. The van der Waals surface area contributed by atoms with Crippen LogP contribution in [0, 0.1) is 0 Å². The van der Waals surface area contributed by atoms with Gasteiger partial charge in [0.2, 0.25) is 5.91 Å². The number of pyridine rings is 1. The van der Waals surface area contributed by atoms with E-state index in [0.29, 0.717) is 5.82 Å². The smallest absolute Gasteiger partial charge is 0.244 e. The number of nitrogens with zero attached hydrogens (tertiary/aromatic N) is 2. The van der Waals surface area contributed by atoms with E-state index in [1.807, 2.05) is 17.9 Å². The number of nitrogens with one attached hydrogen (secondary N) is 2. The molecule has 0 aromatic carbocycles. The van der Waals surface area contributed by atoms with Gasteiger partial charge in [-0.3, -0.25) is 4.79 Å². The summed E-state index contributed by atoms with van der Waals surface area (Å²) in [6, 6.07) is 3.35. The van der Waals surface area contributed by atoms with Crippen molar-refractivity contribution in [3.63, 3.8) is 0 Å². The Morgan fingerprint density at radius 2 is 2.16 bits per heavy atom. The van der Waals surface area contributed by atoms with Crippen LogP contribution < -0.4 is 16.6 Å². The lowest BCUT2D eigenvalue weighted by atomic mass is 10.1. The normalized spacial score (nSPS) is 16.8. The molecule has 0 bridgehead atoms. The number of carbonyl (C=O) groups excluding carboxylic acids is 1. The summed E-state index contributed by atoms with van der Waals surface area (Å²) >= 11 is 0. The van der Waals surface area contributed by atoms with Crippen LogP contribution in [0.2, 0.25) is 0 Å². The van der Waals surface area contributed by atoms with E-state index < -0.39 is 0 Å². The van der Waals surface area contributed by atoms with Crippen molar-refractivity contribution in [3.8, 4) is 0 Å². The Hall–Kier alpha value is -1.82. The van der Waals surface area contributed by atoms with Gasteiger partial charge >= 0.3 is 0 Å². The highest BCUT2D eigenvalue weighted by Gasteiger charge is 2.21. The van der Waals surface area contributed by atoms with Gasteiger partial charge in [0, 0.05) is 31.0 Å². The minimum atomic E-state index is -0.244. The second-order valence-corrected chi connectivity index (χ2v) is 4.83. The molecule has 1 aliphatic heterocycles. The molecule has 1 aromatic heterocycles. The van der Waals surface area contributed by atoms with Gasteiger partial charge < -0.3 is 15.6 Å². The van der Waals surface area contributed by atoms with E-state index in [1.165, 1.54) is 6.42 Å². The molecule has 1 aromatic rings. The first-order chi connectivity index (χ1) is 9.20. The van der Waals surface area contributed by atoms with Crippen molar-refractivity contribution in [1.29, 1.82) is 0 Å². The minimum Gasteiger partial charge on any atom is -0.374 e. The van der Waals surface area contributed by atoms with E-state index in [-0.39, 0.29) is 11.9 Å². The Labute approximate surface area is 113 Å². The summed E-state index contributed by atoms with van der Waals surface area (Å²) in [5, 5.41) is 3.19. The summed E-state index contributed by atoms with van der Waals surface area (Å²) in [4.78, 5) is 18.2. The molecule has 2 rings (SSSR count). The summed E-state index contributed by atoms with van der Waals surface area (Å²) < 4.78 is 0. The highest BCUT2D eigenvalue weighted by molar-refractivity contribution is 5.84. The van der Waals surface area contributed by atoms with Crippen LogP contribution in [0.5, 0.6) is 0 Å². The number of hydrazine groups is 1. The quantitative estimate of drug-likeness (QED) is 0.561. The van der Waals surface area contributed by atoms with Gasteiger partial charge in [-0.05, 0) is 32.3 Å². The zero-order chi connectivity index (χ0) is 13.7. The molecule has 0 aliphatic carbocycles. The number of nitrogen functional groups attached to an aromatic ring is 1. The molecule has 1 saturated heterocycles. The monoisotopic (exact) mass is 263 g/mol. The number of likely N-dealkylation sites (tertiary alicyclic amines) is 1. The maximum Gasteiger partial charge on any atom is 0.244 e. The Morgan fingerprint density at radius 1 is 1.42 bits per heavy atom. The van der Waals surface area contributed by atoms with Gasteiger partial charge in [0.25, 0.3) is 0 Å². The second kappa shape index (κ2) is 6.38. The molecule has 0 saturated carbocycles. The van der Waals surface area contributed by atoms with Crippen LogP contribution in [0.25, 0.3) is 0 Å². The Morgan fingerprint density at radius 3 is 2.84 bits per heavy atom. The Kier molecular flexibility index (Phi) is 4.57. The highest BCUT2D eigenvalue weighted by Crippen LogP contribution is 2.15. The van der Waals surface area contributed by atoms with Gasteiger partial charge in [0.15, 0.2) is 0 Å². The third kappa shape index (κ3) is 3.57. The molecule has 1 atom stereocenters. The van der Waals surface area contributed by atoms with Crippen molar-refractivity contribution in [2.24, 2.45) is 5.84 Å². The standard InChI is InChI=1S/C13H21N5O/c1-10(13(19)18-7-3-2-4-8-18)16-11-5-6-15-12(9-11)17-14/h5-6,9-10H,2-4,7-8,14H2,1H3,(H2,15,16,17). The second-order valence-electron chi connectivity index (χ2n) is 4.83. The lowest BCUT2D eigenvalue weighted by molar-refractivity contribution is -0.132. The SMILES string of the molecule is CC(Nc1ccnc(NN)c1)C(=O)N1CCCCC1. The van der Waals surface area contributed by atoms with Crippen molar-refractivity contribution < 1.29 is 4.79 Å². The van der Waals surface area contributed by atoms with E-state index in [0.717, 1.165) is 31.6 Å². The highest BCUT2D eigenvalue weighted by atomic mass is 16.2. The number of hydrogen-bond donors (Lipinski definition) is 3. The molecule has 0 radical (unpaired) electrons. The number of anilines is 2. The minimum absolute atomic E-state index is 0.152. The van der Waals surface area contributed by atoms with Crippen molar-refractivity contribution in [1.82, 2.24) is 9.88 Å². The molecule has 1 aliphatic rings. The summed E-state index contributed by atoms with van der Waals surface area (Å²) in [5.41, 5.74) is 3.32. The fourth-order valence-corrected chi connectivity index (χ4v) is 2.30. The van der Waals surface area contributed by atoms with Crippen molar-refractivity contribution in [2.75, 3.05) is 23.8 Å². The molecular formula is C13H21N5O. The van der Waals surface area contributed by atoms with E-state index in [4.69, 9.17) is 5.84 Å². The number of rotatable bonds is 4. The largest absolute Gasteiger partial charge is 0.374 e. The number of hydrogen-bond acceptors (Lipinski definition) is 5. The first-order valence-corrected chi connectivity index (χ1v) is 6.68. The van der Waals surface area contributed by atoms with Crippen LogP contribution in [0.4, 0.5) is 11.5 Å². The molecule has 4 N–H and O–H groups in total. The topological polar surface area (TPSA) is 83.3 Å². The lowest BCUT2D eigenvalue weighted by Crippen LogP contribution is -2.43. The summed E-state index contributed by atoms with van der Waals surface area (Å²) in [6.45, 7) is 3.63. The molecule has 6 nitrogen and oxygen atoms in total. The van der Waals surface area contributed by atoms with Gasteiger partial charge in [-0.25, -0.2) is 10.8 Å². The summed E-state index contributed by atoms with van der Waals surface area (Å²) in [5.74, 6) is 6.03. The maximum absolute atomic E-state index is 12.3. The van der Waals surface area contributed by atoms with Crippen LogP contribution in [0.3, 0.4) is 0 Å². The van der Waals surface area contributed by atoms with Gasteiger partial charge in [-0.2, -0.15) is 0 Å². The Bertz CT molecular complexity index is 431. The molecule has 1 unspecified atom stereocenters.